The molecule has 0 fully saturated rings. The molecule has 0 bridgehead atoms. The van der Waals surface area contributed by atoms with Crippen molar-refractivity contribution in [1.82, 2.24) is 15.2 Å². The topological polar surface area (TPSA) is 68.5 Å². The standard InChI is InChI=1S/C20H18BrClN4O2/c1-14-18(20(22)26(25-14)12-15-6-3-2-4-7-15)11-23-24-19(27)13-28-17-9-5-8-16(21)10-17/h2-11H,12-13H2,1H3,(H,24,27)/b23-11-. The van der Waals surface area contributed by atoms with E-state index in [2.05, 4.69) is 31.6 Å². The van der Waals surface area contributed by atoms with E-state index in [0.29, 0.717) is 23.0 Å². The quantitative estimate of drug-likeness (QED) is 0.424. The van der Waals surface area contributed by atoms with Crippen molar-refractivity contribution in [2.45, 2.75) is 13.5 Å². The van der Waals surface area contributed by atoms with Crippen molar-refractivity contribution in [3.05, 3.63) is 81.0 Å². The highest BCUT2D eigenvalue weighted by Gasteiger charge is 2.12. The molecule has 3 rings (SSSR count). The largest absolute Gasteiger partial charge is 0.484 e. The average molecular weight is 462 g/mol. The van der Waals surface area contributed by atoms with Crippen LogP contribution < -0.4 is 10.2 Å². The summed E-state index contributed by atoms with van der Waals surface area (Å²) in [5, 5.41) is 8.86. The number of ether oxygens (including phenoxy) is 1. The molecule has 0 spiro atoms. The molecule has 144 valence electrons. The van der Waals surface area contributed by atoms with Gasteiger partial charge in [-0.1, -0.05) is 63.9 Å². The molecule has 8 heteroatoms. The summed E-state index contributed by atoms with van der Waals surface area (Å²) in [6, 6.07) is 17.2. The Bertz CT molecular complexity index is 989. The lowest BCUT2D eigenvalue weighted by Gasteiger charge is -2.05. The summed E-state index contributed by atoms with van der Waals surface area (Å²) in [4.78, 5) is 11.9. The second-order valence-electron chi connectivity index (χ2n) is 5.97. The van der Waals surface area contributed by atoms with Gasteiger partial charge in [0.15, 0.2) is 6.61 Å². The van der Waals surface area contributed by atoms with Gasteiger partial charge < -0.3 is 4.74 Å². The molecule has 0 atom stereocenters. The first-order chi connectivity index (χ1) is 13.5. The number of hydrogen-bond donors (Lipinski definition) is 1. The summed E-state index contributed by atoms with van der Waals surface area (Å²) < 4.78 is 7.99. The number of nitrogens with one attached hydrogen (secondary N) is 1. The van der Waals surface area contributed by atoms with Crippen LogP contribution in [0.2, 0.25) is 5.15 Å². The zero-order valence-electron chi connectivity index (χ0n) is 15.1. The predicted octanol–water partition coefficient (Wildman–Crippen LogP) is 4.18. The number of hydrazone groups is 1. The Morgan fingerprint density at radius 3 is 2.82 bits per heavy atom. The van der Waals surface area contributed by atoms with E-state index < -0.39 is 0 Å². The van der Waals surface area contributed by atoms with Crippen LogP contribution >= 0.6 is 27.5 Å². The normalized spacial score (nSPS) is 11.0. The van der Waals surface area contributed by atoms with Crippen LogP contribution in [0.15, 0.2) is 64.2 Å². The van der Waals surface area contributed by atoms with Crippen molar-refractivity contribution in [2.75, 3.05) is 6.61 Å². The number of halogens is 2. The molecule has 1 N–H and O–H groups in total. The lowest BCUT2D eigenvalue weighted by atomic mass is 10.2. The molecule has 3 aromatic rings. The van der Waals surface area contributed by atoms with E-state index in [0.717, 1.165) is 15.7 Å². The molecule has 1 heterocycles. The SMILES string of the molecule is Cc1nn(Cc2ccccc2)c(Cl)c1/C=N\NC(=O)COc1cccc(Br)c1. The minimum Gasteiger partial charge on any atom is -0.484 e. The van der Waals surface area contributed by atoms with Gasteiger partial charge in [0.25, 0.3) is 5.91 Å². The molecular weight excluding hydrogens is 444 g/mol. The highest BCUT2D eigenvalue weighted by molar-refractivity contribution is 9.10. The Morgan fingerprint density at radius 1 is 1.29 bits per heavy atom. The molecule has 0 saturated carbocycles. The van der Waals surface area contributed by atoms with Gasteiger partial charge in [-0.25, -0.2) is 10.1 Å². The van der Waals surface area contributed by atoms with Crippen LogP contribution in [0.5, 0.6) is 5.75 Å². The van der Waals surface area contributed by atoms with E-state index >= 15 is 0 Å². The Hall–Kier alpha value is -2.64. The van der Waals surface area contributed by atoms with Crippen LogP contribution in [-0.4, -0.2) is 28.5 Å². The number of hydrogen-bond acceptors (Lipinski definition) is 4. The fourth-order valence-corrected chi connectivity index (χ4v) is 3.14. The molecule has 0 aliphatic rings. The fourth-order valence-electron chi connectivity index (χ4n) is 2.48. The molecule has 0 saturated heterocycles. The number of benzene rings is 2. The number of nitrogens with zero attached hydrogens (tertiary/aromatic N) is 3. The molecule has 0 radical (unpaired) electrons. The third kappa shape index (κ3) is 5.43. The van der Waals surface area contributed by atoms with Crippen LogP contribution in [0.3, 0.4) is 0 Å². The molecule has 0 unspecified atom stereocenters. The zero-order valence-corrected chi connectivity index (χ0v) is 17.4. The van der Waals surface area contributed by atoms with Gasteiger partial charge in [-0.15, -0.1) is 0 Å². The number of aryl methyl sites for hydroxylation is 1. The Morgan fingerprint density at radius 2 is 2.07 bits per heavy atom. The number of carbonyl (C=O) groups is 1. The molecule has 2 aromatic carbocycles. The lowest BCUT2D eigenvalue weighted by molar-refractivity contribution is -0.123. The summed E-state index contributed by atoms with van der Waals surface area (Å²) in [6.45, 7) is 2.25. The van der Waals surface area contributed by atoms with Gasteiger partial charge in [0.2, 0.25) is 0 Å². The summed E-state index contributed by atoms with van der Waals surface area (Å²) in [7, 11) is 0. The van der Waals surface area contributed by atoms with E-state index in [1.165, 1.54) is 6.21 Å². The van der Waals surface area contributed by atoms with Crippen molar-refractivity contribution in [2.24, 2.45) is 5.10 Å². The second-order valence-corrected chi connectivity index (χ2v) is 7.25. The van der Waals surface area contributed by atoms with Crippen molar-refractivity contribution in [1.29, 1.82) is 0 Å². The second kappa shape index (κ2) is 9.52. The maximum absolute atomic E-state index is 11.9. The number of carbonyl (C=O) groups excluding carboxylic acids is 1. The first-order valence-electron chi connectivity index (χ1n) is 8.50. The fraction of sp³-hybridized carbons (Fsp3) is 0.150. The maximum atomic E-state index is 11.9. The van der Waals surface area contributed by atoms with E-state index in [9.17, 15) is 4.79 Å². The zero-order chi connectivity index (χ0) is 19.9. The van der Waals surface area contributed by atoms with Crippen molar-refractivity contribution < 1.29 is 9.53 Å². The van der Waals surface area contributed by atoms with Crippen molar-refractivity contribution in [3.63, 3.8) is 0 Å². The number of amides is 1. The van der Waals surface area contributed by atoms with Crippen LogP contribution in [-0.2, 0) is 11.3 Å². The van der Waals surface area contributed by atoms with E-state index in [4.69, 9.17) is 16.3 Å². The van der Waals surface area contributed by atoms with E-state index in [-0.39, 0.29) is 12.5 Å². The molecule has 1 aromatic heterocycles. The third-order valence-corrected chi connectivity index (χ3v) is 4.73. The summed E-state index contributed by atoms with van der Waals surface area (Å²) in [5.41, 5.74) is 4.90. The Balaban J connectivity index is 1.57. The maximum Gasteiger partial charge on any atom is 0.277 e. The highest BCUT2D eigenvalue weighted by atomic mass is 79.9. The minimum atomic E-state index is -0.373. The van der Waals surface area contributed by atoms with Gasteiger partial charge in [-0.05, 0) is 30.7 Å². The summed E-state index contributed by atoms with van der Waals surface area (Å²) >= 11 is 9.77. The first-order valence-corrected chi connectivity index (χ1v) is 9.67. The van der Waals surface area contributed by atoms with Gasteiger partial charge in [0.05, 0.1) is 24.0 Å². The number of rotatable bonds is 7. The van der Waals surface area contributed by atoms with Gasteiger partial charge in [-0.3, -0.25) is 4.79 Å². The van der Waals surface area contributed by atoms with Crippen molar-refractivity contribution >= 4 is 39.7 Å². The molecule has 6 nitrogen and oxygen atoms in total. The average Bonchev–Trinajstić information content (AvgIpc) is 2.94. The minimum absolute atomic E-state index is 0.145. The highest BCUT2D eigenvalue weighted by Crippen LogP contribution is 2.19. The van der Waals surface area contributed by atoms with Crippen LogP contribution in [0, 0.1) is 6.92 Å². The van der Waals surface area contributed by atoms with Gasteiger partial charge in [0, 0.05) is 4.47 Å². The Labute approximate surface area is 176 Å². The molecule has 28 heavy (non-hydrogen) atoms. The van der Waals surface area contributed by atoms with Gasteiger partial charge >= 0.3 is 0 Å². The molecule has 0 aliphatic carbocycles. The van der Waals surface area contributed by atoms with E-state index in [1.54, 1.807) is 16.8 Å². The first kappa shape index (κ1) is 20.1. The number of aromatic nitrogens is 2. The van der Waals surface area contributed by atoms with Gasteiger partial charge in [0.1, 0.15) is 10.9 Å². The molecular formula is C20H18BrClN4O2. The summed E-state index contributed by atoms with van der Waals surface area (Å²) in [5.74, 6) is 0.219. The van der Waals surface area contributed by atoms with Crippen molar-refractivity contribution in [3.8, 4) is 5.75 Å². The summed E-state index contributed by atoms with van der Waals surface area (Å²) in [6.07, 6.45) is 1.49. The van der Waals surface area contributed by atoms with Gasteiger partial charge in [-0.2, -0.15) is 10.2 Å². The van der Waals surface area contributed by atoms with Crippen LogP contribution in [0.1, 0.15) is 16.8 Å². The van der Waals surface area contributed by atoms with E-state index in [1.807, 2.05) is 49.4 Å². The van der Waals surface area contributed by atoms with Crippen LogP contribution in [0.25, 0.3) is 0 Å². The molecule has 0 aliphatic heterocycles. The smallest absolute Gasteiger partial charge is 0.277 e. The molecule has 1 amide bonds. The third-order valence-electron chi connectivity index (χ3n) is 3.83. The Kier molecular flexibility index (Phi) is 6.84. The predicted molar refractivity (Wildman–Crippen MR) is 113 cm³/mol. The monoisotopic (exact) mass is 460 g/mol. The van der Waals surface area contributed by atoms with Crippen LogP contribution in [0.4, 0.5) is 0 Å². The lowest BCUT2D eigenvalue weighted by Crippen LogP contribution is -2.24.